The Morgan fingerprint density at radius 2 is 1.91 bits per heavy atom. The first-order chi connectivity index (χ1) is 16.5. The molecule has 1 N–H and O–H groups in total. The number of oxime groups is 1. The molecule has 0 spiro atoms. The van der Waals surface area contributed by atoms with Crippen molar-refractivity contribution in [2.24, 2.45) is 5.16 Å². The smallest absolute Gasteiger partial charge is 0.416 e. The van der Waals surface area contributed by atoms with Crippen molar-refractivity contribution in [3.8, 4) is 22.8 Å². The molecule has 35 heavy (non-hydrogen) atoms. The fraction of sp³-hybridized carbons (Fsp3) is 0.240. The molecule has 182 valence electrons. The second-order valence-corrected chi connectivity index (χ2v) is 8.12. The third-order valence-corrected chi connectivity index (χ3v) is 5.59. The molecule has 0 bridgehead atoms. The van der Waals surface area contributed by atoms with Gasteiger partial charge in [0.2, 0.25) is 0 Å². The van der Waals surface area contributed by atoms with Crippen molar-refractivity contribution in [3.63, 3.8) is 0 Å². The number of benzene rings is 2. The van der Waals surface area contributed by atoms with E-state index in [9.17, 15) is 23.1 Å². The SMILES string of the molecule is Cc1cc(OCC2=NOC(=O)C2)c(F)c(C)c1Cc1ccc(O)c(-c2cccc(C(F)(F)F)c2)n1. The van der Waals surface area contributed by atoms with Crippen LogP contribution < -0.4 is 4.74 Å². The van der Waals surface area contributed by atoms with E-state index in [0.717, 1.165) is 12.1 Å². The topological polar surface area (TPSA) is 81.0 Å². The van der Waals surface area contributed by atoms with E-state index in [4.69, 9.17) is 4.74 Å². The minimum atomic E-state index is -4.54. The number of aromatic nitrogens is 1. The second kappa shape index (κ2) is 9.36. The number of aryl methyl sites for hydroxylation is 1. The van der Waals surface area contributed by atoms with Crippen LogP contribution in [0.5, 0.6) is 11.5 Å². The van der Waals surface area contributed by atoms with E-state index in [1.54, 1.807) is 13.8 Å². The second-order valence-electron chi connectivity index (χ2n) is 8.12. The molecule has 0 unspecified atom stereocenters. The van der Waals surface area contributed by atoms with Crippen LogP contribution in [-0.4, -0.2) is 28.4 Å². The van der Waals surface area contributed by atoms with E-state index in [0.29, 0.717) is 28.1 Å². The summed E-state index contributed by atoms with van der Waals surface area (Å²) in [6.07, 6.45) is -4.37. The van der Waals surface area contributed by atoms with Crippen LogP contribution in [0.2, 0.25) is 0 Å². The van der Waals surface area contributed by atoms with Gasteiger partial charge in [-0.25, -0.2) is 14.2 Å². The normalized spacial score (nSPS) is 13.5. The number of rotatable bonds is 6. The standard InChI is InChI=1S/C25H20F4N2O4/c1-13-8-21(34-12-18-11-22(33)35-31-18)23(26)14(2)19(13)10-17-6-7-20(32)24(30-17)15-4-3-5-16(9-15)25(27,28)29/h3-9,32H,10-12H2,1-2H3. The molecule has 0 aliphatic carbocycles. The van der Waals surface area contributed by atoms with Crippen LogP contribution in [0.25, 0.3) is 11.3 Å². The number of aromatic hydroxyl groups is 1. The first-order valence-electron chi connectivity index (χ1n) is 10.6. The first kappa shape index (κ1) is 24.2. The Kier molecular flexibility index (Phi) is 6.47. The van der Waals surface area contributed by atoms with Gasteiger partial charge < -0.3 is 14.7 Å². The van der Waals surface area contributed by atoms with E-state index in [2.05, 4.69) is 15.0 Å². The predicted molar refractivity (Wildman–Crippen MR) is 119 cm³/mol. The average molecular weight is 488 g/mol. The molecule has 10 heteroatoms. The molecule has 0 saturated carbocycles. The molecular formula is C25H20F4N2O4. The number of nitrogens with zero attached hydrogens (tertiary/aromatic N) is 2. The summed E-state index contributed by atoms with van der Waals surface area (Å²) < 4.78 is 59.9. The van der Waals surface area contributed by atoms with E-state index in [1.807, 2.05) is 0 Å². The summed E-state index contributed by atoms with van der Waals surface area (Å²) in [6, 6.07) is 8.92. The Hall–Kier alpha value is -3.95. The molecule has 1 aromatic heterocycles. The van der Waals surface area contributed by atoms with Gasteiger partial charge in [0.15, 0.2) is 11.6 Å². The van der Waals surface area contributed by atoms with Crippen LogP contribution in [0.15, 0.2) is 47.6 Å². The fourth-order valence-corrected chi connectivity index (χ4v) is 3.75. The number of ether oxygens (including phenoxy) is 1. The largest absolute Gasteiger partial charge is 0.506 e. The summed E-state index contributed by atoms with van der Waals surface area (Å²) in [5.74, 6) is -1.37. The molecule has 0 saturated heterocycles. The zero-order valence-electron chi connectivity index (χ0n) is 18.7. The molecule has 1 aliphatic rings. The first-order valence-corrected chi connectivity index (χ1v) is 10.6. The molecular weight excluding hydrogens is 468 g/mol. The summed E-state index contributed by atoms with van der Waals surface area (Å²) in [4.78, 5) is 20.0. The summed E-state index contributed by atoms with van der Waals surface area (Å²) in [6.45, 7) is 3.25. The van der Waals surface area contributed by atoms with Crippen LogP contribution in [0, 0.1) is 19.7 Å². The van der Waals surface area contributed by atoms with E-state index in [-0.39, 0.29) is 42.2 Å². The number of carbonyl (C=O) groups excluding carboxylic acids is 1. The quantitative estimate of drug-likeness (QED) is 0.366. The van der Waals surface area contributed by atoms with Crippen molar-refractivity contribution in [1.82, 2.24) is 4.98 Å². The number of alkyl halides is 3. The van der Waals surface area contributed by atoms with Gasteiger partial charge in [0, 0.05) is 17.7 Å². The lowest BCUT2D eigenvalue weighted by Gasteiger charge is -2.16. The fourth-order valence-electron chi connectivity index (χ4n) is 3.75. The van der Waals surface area contributed by atoms with E-state index < -0.39 is 23.5 Å². The van der Waals surface area contributed by atoms with Crippen molar-refractivity contribution in [2.45, 2.75) is 32.9 Å². The molecule has 4 rings (SSSR count). The molecule has 3 aromatic rings. The lowest BCUT2D eigenvalue weighted by molar-refractivity contribution is -0.140. The van der Waals surface area contributed by atoms with Crippen molar-refractivity contribution in [1.29, 1.82) is 0 Å². The number of halogens is 4. The maximum absolute atomic E-state index is 15.0. The van der Waals surface area contributed by atoms with Crippen LogP contribution in [-0.2, 0) is 22.2 Å². The highest BCUT2D eigenvalue weighted by Crippen LogP contribution is 2.35. The minimum Gasteiger partial charge on any atom is -0.506 e. The molecule has 0 amide bonds. The summed E-state index contributed by atoms with van der Waals surface area (Å²) >= 11 is 0. The number of hydrogen-bond acceptors (Lipinski definition) is 6. The molecule has 0 fully saturated rings. The molecule has 0 atom stereocenters. The van der Waals surface area contributed by atoms with E-state index in [1.165, 1.54) is 30.3 Å². The minimum absolute atomic E-state index is 0.00145. The zero-order chi connectivity index (χ0) is 25.3. The lowest BCUT2D eigenvalue weighted by atomic mass is 9.96. The van der Waals surface area contributed by atoms with Crippen LogP contribution >= 0.6 is 0 Å². The number of hydrogen-bond donors (Lipinski definition) is 1. The Labute approximate surface area is 197 Å². The van der Waals surface area contributed by atoms with Gasteiger partial charge in [0.25, 0.3) is 0 Å². The lowest BCUT2D eigenvalue weighted by Crippen LogP contribution is -2.12. The Morgan fingerprint density at radius 1 is 1.14 bits per heavy atom. The third-order valence-electron chi connectivity index (χ3n) is 5.59. The highest BCUT2D eigenvalue weighted by molar-refractivity contribution is 6.02. The number of pyridine rings is 1. The van der Waals surface area contributed by atoms with Gasteiger partial charge >= 0.3 is 12.1 Å². The molecule has 2 aromatic carbocycles. The molecule has 6 nitrogen and oxygen atoms in total. The van der Waals surface area contributed by atoms with Gasteiger partial charge in [-0.15, -0.1) is 0 Å². The number of carbonyl (C=O) groups is 1. The Balaban J connectivity index is 1.60. The Bertz CT molecular complexity index is 1340. The molecule has 1 aliphatic heterocycles. The van der Waals surface area contributed by atoms with Crippen LogP contribution in [0.3, 0.4) is 0 Å². The van der Waals surface area contributed by atoms with Crippen molar-refractivity contribution < 1.29 is 37.0 Å². The van der Waals surface area contributed by atoms with Crippen molar-refractivity contribution >= 4 is 11.7 Å². The maximum Gasteiger partial charge on any atom is 0.416 e. The highest BCUT2D eigenvalue weighted by Gasteiger charge is 2.30. The maximum atomic E-state index is 15.0. The van der Waals surface area contributed by atoms with Crippen LogP contribution in [0.4, 0.5) is 17.6 Å². The highest BCUT2D eigenvalue weighted by atomic mass is 19.4. The molecule has 2 heterocycles. The Morgan fingerprint density at radius 3 is 2.60 bits per heavy atom. The van der Waals surface area contributed by atoms with Crippen molar-refractivity contribution in [3.05, 3.63) is 76.2 Å². The van der Waals surface area contributed by atoms with Gasteiger partial charge in [-0.2, -0.15) is 13.2 Å². The van der Waals surface area contributed by atoms with Crippen LogP contribution in [0.1, 0.15) is 34.4 Å². The summed E-state index contributed by atoms with van der Waals surface area (Å²) in [5, 5.41) is 13.8. The third kappa shape index (κ3) is 5.26. The summed E-state index contributed by atoms with van der Waals surface area (Å²) in [7, 11) is 0. The predicted octanol–water partition coefficient (Wildman–Crippen LogP) is 5.50. The van der Waals surface area contributed by atoms with Crippen molar-refractivity contribution in [2.75, 3.05) is 6.61 Å². The zero-order valence-corrected chi connectivity index (χ0v) is 18.7. The average Bonchev–Trinajstić information content (AvgIpc) is 3.23. The van der Waals surface area contributed by atoms with Gasteiger partial charge in [-0.1, -0.05) is 17.3 Å². The van der Waals surface area contributed by atoms with Gasteiger partial charge in [0.05, 0.1) is 12.0 Å². The van der Waals surface area contributed by atoms with E-state index >= 15 is 4.39 Å². The van der Waals surface area contributed by atoms with Gasteiger partial charge in [-0.3, -0.25) is 0 Å². The van der Waals surface area contributed by atoms with Gasteiger partial charge in [0.1, 0.15) is 23.8 Å². The van der Waals surface area contributed by atoms with Gasteiger partial charge in [-0.05, 0) is 60.9 Å². The monoisotopic (exact) mass is 488 g/mol. The molecule has 0 radical (unpaired) electrons. The summed E-state index contributed by atoms with van der Waals surface area (Å²) in [5.41, 5.74) is 1.68.